The molecule has 0 aliphatic rings. The van der Waals surface area contributed by atoms with Gasteiger partial charge in [-0.2, -0.15) is 0 Å². The van der Waals surface area contributed by atoms with Crippen LogP contribution >= 0.6 is 23.1 Å². The number of aryl methyl sites for hydroxylation is 2. The fraction of sp³-hybridized carbons (Fsp3) is 0.143. The van der Waals surface area contributed by atoms with Gasteiger partial charge in [0.25, 0.3) is 0 Å². The summed E-state index contributed by atoms with van der Waals surface area (Å²) in [6, 6.07) is 26.5. The molecule has 0 aliphatic heterocycles. The first-order valence-corrected chi connectivity index (χ1v) is 13.4. The first kappa shape index (κ1) is 24.0. The van der Waals surface area contributed by atoms with Crippen molar-refractivity contribution in [3.8, 4) is 17.1 Å². The van der Waals surface area contributed by atoms with E-state index in [1.54, 1.807) is 0 Å². The summed E-state index contributed by atoms with van der Waals surface area (Å²) in [5.41, 5.74) is 5.52. The van der Waals surface area contributed by atoms with Gasteiger partial charge in [-0.15, -0.1) is 21.5 Å². The van der Waals surface area contributed by atoms with E-state index < -0.39 is 0 Å². The van der Waals surface area contributed by atoms with Crippen molar-refractivity contribution in [1.29, 1.82) is 0 Å². The van der Waals surface area contributed by atoms with Gasteiger partial charge in [-0.25, -0.2) is 4.98 Å². The van der Waals surface area contributed by atoms with Crippen LogP contribution in [-0.4, -0.2) is 31.4 Å². The summed E-state index contributed by atoms with van der Waals surface area (Å²) in [5, 5.41) is 13.1. The zero-order chi connectivity index (χ0) is 24.9. The second-order valence-electron chi connectivity index (χ2n) is 8.43. The number of hydrogen-bond donors (Lipinski definition) is 1. The third-order valence-corrected chi connectivity index (χ3v) is 7.46. The molecule has 0 unspecified atom stereocenters. The molecule has 0 bridgehead atoms. The van der Waals surface area contributed by atoms with E-state index >= 15 is 0 Å². The number of aromatic nitrogens is 4. The van der Waals surface area contributed by atoms with E-state index in [1.165, 1.54) is 34.2 Å². The smallest absolute Gasteiger partial charge is 0.236 e. The van der Waals surface area contributed by atoms with E-state index in [-0.39, 0.29) is 11.7 Å². The van der Waals surface area contributed by atoms with Crippen molar-refractivity contribution in [3.05, 3.63) is 107 Å². The summed E-state index contributed by atoms with van der Waals surface area (Å²) in [5.74, 6) is 0.816. The van der Waals surface area contributed by atoms with E-state index in [2.05, 4.69) is 64.7 Å². The number of nitrogens with one attached hydrogen (secondary N) is 1. The Morgan fingerprint density at radius 1 is 0.972 bits per heavy atom. The normalized spacial score (nSPS) is 10.9. The fourth-order valence-electron chi connectivity index (χ4n) is 3.92. The summed E-state index contributed by atoms with van der Waals surface area (Å²) >= 11 is 2.86. The van der Waals surface area contributed by atoms with Crippen LogP contribution in [0.4, 0.5) is 5.13 Å². The average molecular weight is 512 g/mol. The van der Waals surface area contributed by atoms with Crippen LogP contribution in [0.3, 0.4) is 0 Å². The minimum atomic E-state index is -0.128. The van der Waals surface area contributed by atoms with E-state index in [0.29, 0.717) is 10.3 Å². The van der Waals surface area contributed by atoms with Crippen molar-refractivity contribution in [3.63, 3.8) is 0 Å². The van der Waals surface area contributed by atoms with Gasteiger partial charge >= 0.3 is 0 Å². The van der Waals surface area contributed by atoms with Crippen molar-refractivity contribution >= 4 is 34.1 Å². The van der Waals surface area contributed by atoms with Crippen molar-refractivity contribution in [2.75, 3.05) is 11.1 Å². The Bertz CT molecular complexity index is 1490. The third kappa shape index (κ3) is 5.56. The van der Waals surface area contributed by atoms with Crippen molar-refractivity contribution in [2.45, 2.75) is 25.4 Å². The first-order valence-electron chi connectivity index (χ1n) is 11.6. The van der Waals surface area contributed by atoms with E-state index in [4.69, 9.17) is 0 Å². The Morgan fingerprint density at radius 2 is 1.78 bits per heavy atom. The number of carbonyl (C=O) groups excluding carboxylic acids is 1. The Labute approximate surface area is 218 Å². The Morgan fingerprint density at radius 3 is 2.58 bits per heavy atom. The highest BCUT2D eigenvalue weighted by Crippen LogP contribution is 2.29. The second kappa shape index (κ2) is 10.9. The number of rotatable bonds is 8. The summed E-state index contributed by atoms with van der Waals surface area (Å²) in [4.78, 5) is 18.3. The molecule has 8 heteroatoms. The van der Waals surface area contributed by atoms with Crippen LogP contribution in [0.25, 0.3) is 17.1 Å². The predicted molar refractivity (Wildman–Crippen MR) is 147 cm³/mol. The van der Waals surface area contributed by atoms with Gasteiger partial charge in [0.15, 0.2) is 16.1 Å². The quantitative estimate of drug-likeness (QED) is 0.247. The van der Waals surface area contributed by atoms with Crippen LogP contribution in [0.5, 0.6) is 0 Å². The maximum Gasteiger partial charge on any atom is 0.236 e. The molecule has 0 saturated heterocycles. The number of anilines is 1. The largest absolute Gasteiger partial charge is 0.301 e. The lowest BCUT2D eigenvalue weighted by Gasteiger charge is -2.12. The molecule has 1 N–H and O–H groups in total. The topological polar surface area (TPSA) is 72.7 Å². The summed E-state index contributed by atoms with van der Waals surface area (Å²) < 4.78 is 2.02. The molecule has 1 amide bonds. The van der Waals surface area contributed by atoms with Gasteiger partial charge in [-0.1, -0.05) is 90.1 Å². The molecular formula is C28H25N5OS2. The molecule has 0 saturated carbocycles. The number of benzene rings is 3. The standard InChI is InChI=1S/C28H25N5OS2/c1-19-9-8-11-21(15-19)16-23-17-29-27(36-23)30-25(34)18-35-28-32-31-26(22-12-4-3-5-13-22)33(28)24-14-7-6-10-20(24)2/h3-15,17H,16,18H2,1-2H3,(H,29,30,34). The Hall–Kier alpha value is -3.75. The van der Waals surface area contributed by atoms with Gasteiger partial charge in [0.1, 0.15) is 0 Å². The van der Waals surface area contributed by atoms with Gasteiger partial charge in [-0.05, 0) is 31.0 Å². The van der Waals surface area contributed by atoms with Gasteiger partial charge in [0, 0.05) is 23.1 Å². The van der Waals surface area contributed by atoms with Gasteiger partial charge in [0.05, 0.1) is 11.4 Å². The van der Waals surface area contributed by atoms with Crippen LogP contribution in [0, 0.1) is 13.8 Å². The molecule has 5 aromatic rings. The highest BCUT2D eigenvalue weighted by molar-refractivity contribution is 7.99. The molecule has 0 radical (unpaired) electrons. The number of carbonyl (C=O) groups is 1. The molecular weight excluding hydrogens is 486 g/mol. The second-order valence-corrected chi connectivity index (χ2v) is 10.5. The highest BCUT2D eigenvalue weighted by atomic mass is 32.2. The molecule has 5 rings (SSSR count). The van der Waals surface area contributed by atoms with E-state index in [9.17, 15) is 4.79 Å². The minimum absolute atomic E-state index is 0.128. The molecule has 2 heterocycles. The van der Waals surface area contributed by atoms with Crippen molar-refractivity contribution in [1.82, 2.24) is 19.7 Å². The molecule has 0 atom stereocenters. The number of nitrogens with zero attached hydrogens (tertiary/aromatic N) is 4. The van der Waals surface area contributed by atoms with Gasteiger partial charge in [0.2, 0.25) is 5.91 Å². The zero-order valence-electron chi connectivity index (χ0n) is 20.0. The lowest BCUT2D eigenvalue weighted by Crippen LogP contribution is -2.14. The first-order chi connectivity index (χ1) is 17.6. The fourth-order valence-corrected chi connectivity index (χ4v) is 5.53. The Kier molecular flexibility index (Phi) is 7.25. The molecule has 0 fully saturated rings. The lowest BCUT2D eigenvalue weighted by atomic mass is 10.1. The van der Waals surface area contributed by atoms with E-state index in [1.807, 2.05) is 59.3 Å². The van der Waals surface area contributed by atoms with Crippen LogP contribution in [0.15, 0.2) is 90.2 Å². The highest BCUT2D eigenvalue weighted by Gasteiger charge is 2.18. The molecule has 6 nitrogen and oxygen atoms in total. The third-order valence-electron chi connectivity index (χ3n) is 5.61. The van der Waals surface area contributed by atoms with Gasteiger partial charge < -0.3 is 5.32 Å². The van der Waals surface area contributed by atoms with Crippen molar-refractivity contribution < 1.29 is 4.79 Å². The lowest BCUT2D eigenvalue weighted by molar-refractivity contribution is -0.113. The summed E-state index contributed by atoms with van der Waals surface area (Å²) in [6.07, 6.45) is 2.63. The molecule has 2 aromatic heterocycles. The number of thioether (sulfide) groups is 1. The SMILES string of the molecule is Cc1cccc(Cc2cnc(NC(=O)CSc3nnc(-c4ccccc4)n3-c3ccccc3C)s2)c1. The molecule has 36 heavy (non-hydrogen) atoms. The maximum absolute atomic E-state index is 12.8. The monoisotopic (exact) mass is 511 g/mol. The summed E-state index contributed by atoms with van der Waals surface area (Å²) in [6.45, 7) is 4.14. The number of thiazole rings is 1. The number of hydrogen-bond acceptors (Lipinski definition) is 6. The number of para-hydroxylation sites is 1. The van der Waals surface area contributed by atoms with Crippen LogP contribution < -0.4 is 5.32 Å². The minimum Gasteiger partial charge on any atom is -0.301 e. The summed E-state index contributed by atoms with van der Waals surface area (Å²) in [7, 11) is 0. The maximum atomic E-state index is 12.8. The molecule has 0 aliphatic carbocycles. The molecule has 180 valence electrons. The average Bonchev–Trinajstić information content (AvgIpc) is 3.50. The zero-order valence-corrected chi connectivity index (χ0v) is 21.6. The molecule has 0 spiro atoms. The number of amides is 1. The predicted octanol–water partition coefficient (Wildman–Crippen LogP) is 6.33. The van der Waals surface area contributed by atoms with Crippen LogP contribution in [0.2, 0.25) is 0 Å². The molecule has 3 aromatic carbocycles. The van der Waals surface area contributed by atoms with Gasteiger partial charge in [-0.3, -0.25) is 9.36 Å². The van der Waals surface area contributed by atoms with Crippen molar-refractivity contribution in [2.24, 2.45) is 0 Å². The van der Waals surface area contributed by atoms with Crippen LogP contribution in [-0.2, 0) is 11.2 Å². The van der Waals surface area contributed by atoms with Crippen LogP contribution in [0.1, 0.15) is 21.6 Å². The van der Waals surface area contributed by atoms with E-state index in [0.717, 1.165) is 33.9 Å². The Balaban J connectivity index is 1.30.